The molecule has 6 nitrogen and oxygen atoms in total. The number of carbonyl (C=O) groups is 1. The molecule has 2 aromatic heterocycles. The highest BCUT2D eigenvalue weighted by molar-refractivity contribution is 6.30. The van der Waals surface area contributed by atoms with E-state index >= 15 is 0 Å². The number of aryl methyl sites for hydroxylation is 1. The van der Waals surface area contributed by atoms with E-state index in [2.05, 4.69) is 22.1 Å². The Morgan fingerprint density at radius 1 is 1.03 bits per heavy atom. The largest absolute Gasteiger partial charge is 0.336 e. The maximum absolute atomic E-state index is 13.6. The third kappa shape index (κ3) is 4.36. The lowest BCUT2D eigenvalue weighted by atomic mass is 10.0. The Hall–Kier alpha value is -3.22. The topological polar surface area (TPSA) is 54.3 Å². The third-order valence-electron chi connectivity index (χ3n) is 6.44. The second-order valence-electron chi connectivity index (χ2n) is 8.53. The van der Waals surface area contributed by atoms with Crippen molar-refractivity contribution in [2.24, 2.45) is 7.05 Å². The highest BCUT2D eigenvalue weighted by Crippen LogP contribution is 2.28. The minimum absolute atomic E-state index is 0.0579. The van der Waals surface area contributed by atoms with E-state index in [1.165, 1.54) is 5.56 Å². The summed E-state index contributed by atoms with van der Waals surface area (Å²) in [6.07, 6.45) is 1.82. The minimum Gasteiger partial charge on any atom is -0.336 e. The van der Waals surface area contributed by atoms with Crippen LogP contribution >= 0.6 is 11.6 Å². The van der Waals surface area contributed by atoms with Crippen LogP contribution in [-0.4, -0.2) is 56.7 Å². The van der Waals surface area contributed by atoms with E-state index in [-0.39, 0.29) is 5.91 Å². The first-order valence-electron chi connectivity index (χ1n) is 11.1. The van der Waals surface area contributed by atoms with Gasteiger partial charge in [-0.05, 0) is 36.8 Å². The normalized spacial score (nSPS) is 14.7. The molecule has 1 aliphatic rings. The molecule has 0 bridgehead atoms. The van der Waals surface area contributed by atoms with Crippen LogP contribution in [0.2, 0.25) is 5.02 Å². The Morgan fingerprint density at radius 2 is 1.76 bits per heavy atom. The van der Waals surface area contributed by atoms with Crippen molar-refractivity contribution in [1.29, 1.82) is 0 Å². The van der Waals surface area contributed by atoms with Crippen molar-refractivity contribution in [3.05, 3.63) is 82.6 Å². The Labute approximate surface area is 198 Å². The summed E-state index contributed by atoms with van der Waals surface area (Å²) in [6.45, 7) is 5.95. The second-order valence-corrected chi connectivity index (χ2v) is 8.97. The summed E-state index contributed by atoms with van der Waals surface area (Å²) in [6, 6.07) is 17.8. The molecule has 3 heterocycles. The zero-order valence-electron chi connectivity index (χ0n) is 18.8. The van der Waals surface area contributed by atoms with E-state index in [1.807, 2.05) is 72.2 Å². The summed E-state index contributed by atoms with van der Waals surface area (Å²) in [4.78, 5) is 22.8. The summed E-state index contributed by atoms with van der Waals surface area (Å²) in [5, 5.41) is 5.99. The first-order chi connectivity index (χ1) is 16.0. The predicted molar refractivity (Wildman–Crippen MR) is 131 cm³/mol. The van der Waals surface area contributed by atoms with Crippen molar-refractivity contribution in [2.75, 3.05) is 26.2 Å². The molecule has 7 heteroatoms. The number of hydrogen-bond acceptors (Lipinski definition) is 4. The zero-order valence-corrected chi connectivity index (χ0v) is 19.6. The summed E-state index contributed by atoms with van der Waals surface area (Å²) in [7, 11) is 1.91. The number of hydrogen-bond donors (Lipinski definition) is 0. The van der Waals surface area contributed by atoms with Gasteiger partial charge in [0.25, 0.3) is 5.91 Å². The van der Waals surface area contributed by atoms with Crippen LogP contribution in [0.1, 0.15) is 21.6 Å². The number of nitrogens with zero attached hydrogens (tertiary/aromatic N) is 5. The van der Waals surface area contributed by atoms with Gasteiger partial charge in [0.15, 0.2) is 0 Å². The number of piperazine rings is 1. The molecular formula is C26H26ClN5O. The number of rotatable bonds is 4. The van der Waals surface area contributed by atoms with Gasteiger partial charge in [0.2, 0.25) is 0 Å². The second kappa shape index (κ2) is 8.96. The number of carbonyl (C=O) groups excluding carboxylic acids is 1. The van der Waals surface area contributed by atoms with Crippen LogP contribution in [0.5, 0.6) is 0 Å². The van der Waals surface area contributed by atoms with E-state index < -0.39 is 0 Å². The quantitative estimate of drug-likeness (QED) is 0.449. The van der Waals surface area contributed by atoms with Crippen LogP contribution in [0.25, 0.3) is 22.2 Å². The summed E-state index contributed by atoms with van der Waals surface area (Å²) < 4.78 is 1.83. The molecule has 168 valence electrons. The fourth-order valence-corrected chi connectivity index (χ4v) is 4.49. The number of pyridine rings is 1. The standard InChI is InChI=1S/C26H26ClN5O/c1-18-23(16-28-30(18)2)25-15-22(21-5-3-4-6-24(21)29-25)26(33)32-13-11-31(12-14-32)17-19-7-9-20(27)10-8-19/h3-10,15-16H,11-14,17H2,1-2H3. The summed E-state index contributed by atoms with van der Waals surface area (Å²) >= 11 is 6.00. The molecule has 1 saturated heterocycles. The lowest BCUT2D eigenvalue weighted by Gasteiger charge is -2.35. The summed E-state index contributed by atoms with van der Waals surface area (Å²) in [5.74, 6) is 0.0579. The number of para-hydroxylation sites is 1. The monoisotopic (exact) mass is 459 g/mol. The number of halogens is 1. The Kier molecular flexibility index (Phi) is 5.87. The summed E-state index contributed by atoms with van der Waals surface area (Å²) in [5.41, 5.74) is 5.50. The van der Waals surface area contributed by atoms with Crippen molar-refractivity contribution in [1.82, 2.24) is 24.6 Å². The van der Waals surface area contributed by atoms with Gasteiger partial charge >= 0.3 is 0 Å². The van der Waals surface area contributed by atoms with Gasteiger partial charge in [0, 0.05) is 61.4 Å². The number of aromatic nitrogens is 3. The molecular weight excluding hydrogens is 434 g/mol. The van der Waals surface area contributed by atoms with E-state index in [1.54, 1.807) is 0 Å². The molecule has 1 amide bonds. The molecule has 0 saturated carbocycles. The molecule has 0 radical (unpaired) electrons. The van der Waals surface area contributed by atoms with E-state index in [9.17, 15) is 4.79 Å². The molecule has 33 heavy (non-hydrogen) atoms. The SMILES string of the molecule is Cc1c(-c2cc(C(=O)N3CCN(Cc4ccc(Cl)cc4)CC3)c3ccccc3n2)cnn1C. The van der Waals surface area contributed by atoms with Crippen LogP contribution < -0.4 is 0 Å². The van der Waals surface area contributed by atoms with Crippen LogP contribution in [0.4, 0.5) is 0 Å². The lowest BCUT2D eigenvalue weighted by Crippen LogP contribution is -2.48. The molecule has 0 N–H and O–H groups in total. The van der Waals surface area contributed by atoms with Crippen LogP contribution in [0.3, 0.4) is 0 Å². The van der Waals surface area contributed by atoms with Crippen LogP contribution in [0, 0.1) is 6.92 Å². The van der Waals surface area contributed by atoms with Crippen LogP contribution in [0.15, 0.2) is 60.8 Å². The van der Waals surface area contributed by atoms with Gasteiger partial charge < -0.3 is 4.90 Å². The van der Waals surface area contributed by atoms with Crippen molar-refractivity contribution < 1.29 is 4.79 Å². The minimum atomic E-state index is 0.0579. The molecule has 4 aromatic rings. The number of fused-ring (bicyclic) bond motifs is 1. The average molecular weight is 460 g/mol. The van der Waals surface area contributed by atoms with Crippen LogP contribution in [-0.2, 0) is 13.6 Å². The van der Waals surface area contributed by atoms with Crippen molar-refractivity contribution in [2.45, 2.75) is 13.5 Å². The zero-order chi connectivity index (χ0) is 22.9. The lowest BCUT2D eigenvalue weighted by molar-refractivity contribution is 0.0630. The number of amides is 1. The van der Waals surface area contributed by atoms with Gasteiger partial charge in [-0.1, -0.05) is 41.9 Å². The van der Waals surface area contributed by atoms with Gasteiger partial charge in [-0.15, -0.1) is 0 Å². The van der Waals surface area contributed by atoms with Gasteiger partial charge in [-0.2, -0.15) is 5.10 Å². The molecule has 0 aliphatic carbocycles. The van der Waals surface area contributed by atoms with Crippen molar-refractivity contribution in [3.8, 4) is 11.3 Å². The predicted octanol–water partition coefficient (Wildman–Crippen LogP) is 4.56. The highest BCUT2D eigenvalue weighted by Gasteiger charge is 2.25. The van der Waals surface area contributed by atoms with Gasteiger partial charge in [-0.3, -0.25) is 14.4 Å². The Bertz CT molecular complexity index is 1310. The smallest absolute Gasteiger partial charge is 0.254 e. The first kappa shape index (κ1) is 21.6. The average Bonchev–Trinajstić information content (AvgIpc) is 3.18. The molecule has 1 aliphatic heterocycles. The molecule has 2 aromatic carbocycles. The Balaban J connectivity index is 1.38. The fraction of sp³-hybridized carbons (Fsp3) is 0.269. The molecule has 1 fully saturated rings. The third-order valence-corrected chi connectivity index (χ3v) is 6.69. The van der Waals surface area contributed by atoms with E-state index in [0.29, 0.717) is 18.7 Å². The van der Waals surface area contributed by atoms with Gasteiger partial charge in [0.1, 0.15) is 0 Å². The molecule has 0 unspecified atom stereocenters. The molecule has 0 atom stereocenters. The van der Waals surface area contributed by atoms with E-state index in [0.717, 1.165) is 52.5 Å². The fourth-order valence-electron chi connectivity index (χ4n) is 4.37. The number of benzene rings is 2. The maximum atomic E-state index is 13.6. The van der Waals surface area contributed by atoms with Gasteiger partial charge in [0.05, 0.1) is 23.0 Å². The Morgan fingerprint density at radius 3 is 2.45 bits per heavy atom. The molecule has 0 spiro atoms. The highest BCUT2D eigenvalue weighted by atomic mass is 35.5. The molecule has 5 rings (SSSR count). The maximum Gasteiger partial charge on any atom is 0.254 e. The van der Waals surface area contributed by atoms with Crippen molar-refractivity contribution >= 4 is 28.4 Å². The van der Waals surface area contributed by atoms with Crippen molar-refractivity contribution in [3.63, 3.8) is 0 Å². The van der Waals surface area contributed by atoms with E-state index in [4.69, 9.17) is 16.6 Å². The van der Waals surface area contributed by atoms with Gasteiger partial charge in [-0.25, -0.2) is 4.98 Å². The first-order valence-corrected chi connectivity index (χ1v) is 11.5.